The normalized spacial score (nSPS) is 17.6. The predicted molar refractivity (Wildman–Crippen MR) is 67.6 cm³/mol. The van der Waals surface area contributed by atoms with Gasteiger partial charge in [-0.2, -0.15) is 0 Å². The van der Waals surface area contributed by atoms with Gasteiger partial charge in [-0.3, -0.25) is 0 Å². The van der Waals surface area contributed by atoms with Crippen LogP contribution in [0.5, 0.6) is 5.75 Å². The summed E-state index contributed by atoms with van der Waals surface area (Å²) < 4.78 is 6.34. The number of thioether (sulfide) groups is 1. The number of rotatable bonds is 3. The summed E-state index contributed by atoms with van der Waals surface area (Å²) in [6.45, 7) is 0. The first kappa shape index (κ1) is 11.3. The summed E-state index contributed by atoms with van der Waals surface area (Å²) in [4.78, 5) is 1.14. The van der Waals surface area contributed by atoms with E-state index in [0.29, 0.717) is 0 Å². The minimum Gasteiger partial charge on any atom is -0.494 e. The van der Waals surface area contributed by atoms with Gasteiger partial charge in [0.2, 0.25) is 0 Å². The lowest BCUT2D eigenvalue weighted by molar-refractivity contribution is 0.401. The fourth-order valence-electron chi connectivity index (χ4n) is 1.63. The second-order valence-electron chi connectivity index (χ2n) is 3.85. The average Bonchev–Trinajstić information content (AvgIpc) is 2.96. The van der Waals surface area contributed by atoms with E-state index in [9.17, 15) is 0 Å². The molecular weight excluding hydrogens is 274 g/mol. The molecule has 1 aromatic carbocycles. The number of ether oxygens (including phenoxy) is 1. The molecule has 0 aliphatic heterocycles. The van der Waals surface area contributed by atoms with Gasteiger partial charge in [-0.25, -0.2) is 0 Å². The number of nitrogens with two attached hydrogens (primary N) is 1. The van der Waals surface area contributed by atoms with Gasteiger partial charge in [-0.15, -0.1) is 11.8 Å². The van der Waals surface area contributed by atoms with Crippen LogP contribution in [0.25, 0.3) is 0 Å². The molecular formula is C11H14BrNOS. The molecule has 0 heterocycles. The Hall–Kier alpha value is -0.190. The molecule has 2 N–H and O–H groups in total. The zero-order chi connectivity index (χ0) is 11.1. The first-order chi connectivity index (χ1) is 7.10. The van der Waals surface area contributed by atoms with Gasteiger partial charge >= 0.3 is 0 Å². The van der Waals surface area contributed by atoms with Gasteiger partial charge in [-0.05, 0) is 52.7 Å². The van der Waals surface area contributed by atoms with Gasteiger partial charge in [0.15, 0.2) is 0 Å². The maximum Gasteiger partial charge on any atom is 0.146 e. The minimum atomic E-state index is -0.0841. The third-order valence-electron chi connectivity index (χ3n) is 2.80. The Kier molecular flexibility index (Phi) is 3.01. The van der Waals surface area contributed by atoms with Crippen LogP contribution in [0, 0.1) is 0 Å². The molecule has 0 atom stereocenters. The highest BCUT2D eigenvalue weighted by Crippen LogP contribution is 2.46. The van der Waals surface area contributed by atoms with Crippen LogP contribution in [0.4, 0.5) is 0 Å². The summed E-state index contributed by atoms with van der Waals surface area (Å²) in [6.07, 6.45) is 4.21. The van der Waals surface area contributed by atoms with Gasteiger partial charge < -0.3 is 10.5 Å². The van der Waals surface area contributed by atoms with Gasteiger partial charge in [0.25, 0.3) is 0 Å². The molecule has 1 fully saturated rings. The van der Waals surface area contributed by atoms with E-state index < -0.39 is 0 Å². The topological polar surface area (TPSA) is 35.2 Å². The lowest BCUT2D eigenvalue weighted by Gasteiger charge is -2.15. The Balaban J connectivity index is 2.48. The molecule has 2 nitrogen and oxygen atoms in total. The van der Waals surface area contributed by atoms with E-state index in [1.807, 2.05) is 6.26 Å². The van der Waals surface area contributed by atoms with Crippen LogP contribution >= 0.6 is 27.7 Å². The van der Waals surface area contributed by atoms with Crippen LogP contribution in [0.15, 0.2) is 21.5 Å². The summed E-state index contributed by atoms with van der Waals surface area (Å²) in [5.41, 5.74) is 7.30. The molecule has 0 amide bonds. The number of methoxy groups -OCH3 is 1. The van der Waals surface area contributed by atoms with Crippen LogP contribution in [-0.2, 0) is 5.54 Å². The fourth-order valence-corrected chi connectivity index (χ4v) is 3.01. The number of halogens is 1. The summed E-state index contributed by atoms with van der Waals surface area (Å²) >= 11 is 5.21. The SMILES string of the molecule is COc1c(Br)cc(C2(N)CC2)cc1SC. The molecule has 4 heteroatoms. The quantitative estimate of drug-likeness (QED) is 0.868. The van der Waals surface area contributed by atoms with E-state index in [1.165, 1.54) is 5.56 Å². The molecule has 1 aliphatic carbocycles. The van der Waals surface area contributed by atoms with Crippen molar-refractivity contribution in [1.82, 2.24) is 0 Å². The van der Waals surface area contributed by atoms with E-state index in [1.54, 1.807) is 18.9 Å². The third kappa shape index (κ3) is 2.03. The Morgan fingerprint density at radius 3 is 2.60 bits per heavy atom. The second kappa shape index (κ2) is 4.00. The third-order valence-corrected chi connectivity index (χ3v) is 4.13. The van der Waals surface area contributed by atoms with Crippen molar-refractivity contribution in [3.63, 3.8) is 0 Å². The first-order valence-electron chi connectivity index (χ1n) is 4.81. The maximum absolute atomic E-state index is 6.18. The van der Waals surface area contributed by atoms with Crippen molar-refractivity contribution >= 4 is 27.7 Å². The fraction of sp³-hybridized carbons (Fsp3) is 0.455. The molecule has 1 aliphatic rings. The molecule has 0 aromatic heterocycles. The molecule has 1 saturated carbocycles. The van der Waals surface area contributed by atoms with Gasteiger partial charge in [-0.1, -0.05) is 0 Å². The van der Waals surface area contributed by atoms with Crippen molar-refractivity contribution < 1.29 is 4.74 Å². The van der Waals surface area contributed by atoms with Gasteiger partial charge in [0, 0.05) is 5.54 Å². The summed E-state index contributed by atoms with van der Waals surface area (Å²) in [5, 5.41) is 0. The van der Waals surface area contributed by atoms with Crippen molar-refractivity contribution in [3.05, 3.63) is 22.2 Å². The predicted octanol–water partition coefficient (Wildman–Crippen LogP) is 3.13. The average molecular weight is 288 g/mol. The Morgan fingerprint density at radius 1 is 1.47 bits per heavy atom. The van der Waals surface area contributed by atoms with Crippen LogP contribution in [0.3, 0.4) is 0 Å². The van der Waals surface area contributed by atoms with Gasteiger partial charge in [0.1, 0.15) is 5.75 Å². The zero-order valence-electron chi connectivity index (χ0n) is 8.84. The van der Waals surface area contributed by atoms with E-state index in [4.69, 9.17) is 10.5 Å². The first-order valence-corrected chi connectivity index (χ1v) is 6.83. The monoisotopic (exact) mass is 287 g/mol. The largest absolute Gasteiger partial charge is 0.494 e. The van der Waals surface area contributed by atoms with Gasteiger partial charge in [0.05, 0.1) is 16.5 Å². The maximum atomic E-state index is 6.18. The van der Waals surface area contributed by atoms with E-state index in [-0.39, 0.29) is 5.54 Å². The Morgan fingerprint density at radius 2 is 2.13 bits per heavy atom. The highest BCUT2D eigenvalue weighted by atomic mass is 79.9. The molecule has 2 rings (SSSR count). The highest BCUT2D eigenvalue weighted by Gasteiger charge is 2.40. The van der Waals surface area contributed by atoms with Crippen molar-refractivity contribution in [2.45, 2.75) is 23.3 Å². The molecule has 0 spiro atoms. The van der Waals surface area contributed by atoms with Crippen molar-refractivity contribution in [3.8, 4) is 5.75 Å². The molecule has 82 valence electrons. The molecule has 0 radical (unpaired) electrons. The van der Waals surface area contributed by atoms with Crippen LogP contribution < -0.4 is 10.5 Å². The summed E-state index contributed by atoms with van der Waals surface area (Å²) in [7, 11) is 1.69. The van der Waals surface area contributed by atoms with Crippen molar-refractivity contribution in [1.29, 1.82) is 0 Å². The lowest BCUT2D eigenvalue weighted by atomic mass is 10.1. The van der Waals surface area contributed by atoms with Crippen molar-refractivity contribution in [2.75, 3.05) is 13.4 Å². The number of hydrogen-bond acceptors (Lipinski definition) is 3. The minimum absolute atomic E-state index is 0.0841. The summed E-state index contributed by atoms with van der Waals surface area (Å²) in [5.74, 6) is 0.899. The summed E-state index contributed by atoms with van der Waals surface area (Å²) in [6, 6.07) is 4.22. The molecule has 1 aromatic rings. The van der Waals surface area contributed by atoms with E-state index in [0.717, 1.165) is 28.0 Å². The van der Waals surface area contributed by atoms with Crippen LogP contribution in [-0.4, -0.2) is 13.4 Å². The Bertz CT molecular complexity index is 390. The smallest absolute Gasteiger partial charge is 0.146 e. The zero-order valence-corrected chi connectivity index (χ0v) is 11.2. The molecule has 15 heavy (non-hydrogen) atoms. The molecule has 0 bridgehead atoms. The lowest BCUT2D eigenvalue weighted by Crippen LogP contribution is -2.18. The van der Waals surface area contributed by atoms with Crippen LogP contribution in [0.1, 0.15) is 18.4 Å². The molecule has 0 unspecified atom stereocenters. The second-order valence-corrected chi connectivity index (χ2v) is 5.55. The number of benzene rings is 1. The van der Waals surface area contributed by atoms with E-state index >= 15 is 0 Å². The Labute approximate surface area is 103 Å². The highest BCUT2D eigenvalue weighted by molar-refractivity contribution is 9.10. The standard InChI is InChI=1S/C11H14BrNOS/c1-14-10-8(12)5-7(6-9(10)15-2)11(13)3-4-11/h5-6H,3-4,13H2,1-2H3. The van der Waals surface area contributed by atoms with Crippen LogP contribution in [0.2, 0.25) is 0 Å². The number of hydrogen-bond donors (Lipinski definition) is 1. The van der Waals surface area contributed by atoms with Crippen molar-refractivity contribution in [2.24, 2.45) is 5.73 Å². The molecule has 0 saturated heterocycles. The van der Waals surface area contributed by atoms with E-state index in [2.05, 4.69) is 28.1 Å².